The summed E-state index contributed by atoms with van der Waals surface area (Å²) in [6.45, 7) is 0.588. The van der Waals surface area contributed by atoms with Crippen molar-refractivity contribution in [3.8, 4) is 0 Å². The fourth-order valence-corrected chi connectivity index (χ4v) is 4.84. The van der Waals surface area contributed by atoms with Gasteiger partial charge in [0.05, 0.1) is 11.0 Å². The number of rotatable bonds is 6. The lowest BCUT2D eigenvalue weighted by molar-refractivity contribution is 0.0955. The molecule has 1 saturated carbocycles. The molecule has 5 rings (SSSR count). The van der Waals surface area contributed by atoms with E-state index in [1.807, 2.05) is 42.5 Å². The van der Waals surface area contributed by atoms with E-state index in [-0.39, 0.29) is 11.9 Å². The van der Waals surface area contributed by atoms with Gasteiger partial charge in [0.2, 0.25) is 0 Å². The molecule has 2 aromatic heterocycles. The standard InChI is InChI=1S/C26H29N5O/c27-24-22(26(32)28-17-9-12-18-10-3-1-4-11-18)23-25(31(24)19-13-5-2-6-14-19)30-21-16-8-7-15-20(21)29-23/h1,3-4,7-8,10-11,15-16,19H,2,5-6,9,12-14,17,27H2,(H,28,32). The molecule has 4 aromatic rings. The summed E-state index contributed by atoms with van der Waals surface area (Å²) in [5.41, 5.74) is 11.3. The molecular weight excluding hydrogens is 398 g/mol. The number of hydrogen-bond acceptors (Lipinski definition) is 4. The molecule has 1 fully saturated rings. The SMILES string of the molecule is Nc1c(C(=O)NCCCc2ccccc2)c2nc3ccccc3nc2n1C1CCCCC1. The van der Waals surface area contributed by atoms with Crippen molar-refractivity contribution >= 4 is 33.9 Å². The van der Waals surface area contributed by atoms with Gasteiger partial charge in [0.1, 0.15) is 16.9 Å². The van der Waals surface area contributed by atoms with E-state index in [4.69, 9.17) is 15.7 Å². The van der Waals surface area contributed by atoms with E-state index in [2.05, 4.69) is 22.0 Å². The predicted molar refractivity (Wildman–Crippen MR) is 129 cm³/mol. The molecule has 1 aliphatic carbocycles. The van der Waals surface area contributed by atoms with Gasteiger partial charge in [-0.25, -0.2) is 9.97 Å². The Morgan fingerprint density at radius 1 is 0.969 bits per heavy atom. The Bertz CT molecular complexity index is 1240. The largest absolute Gasteiger partial charge is 0.384 e. The summed E-state index contributed by atoms with van der Waals surface area (Å²) in [6, 6.07) is 18.4. The molecular formula is C26H29N5O. The zero-order valence-electron chi connectivity index (χ0n) is 18.3. The number of nitrogens with zero attached hydrogens (tertiary/aromatic N) is 3. The number of anilines is 1. The fraction of sp³-hybridized carbons (Fsp3) is 0.346. The zero-order chi connectivity index (χ0) is 21.9. The first-order chi connectivity index (χ1) is 15.7. The lowest BCUT2D eigenvalue weighted by Crippen LogP contribution is -2.26. The van der Waals surface area contributed by atoms with Crippen LogP contribution >= 0.6 is 0 Å². The molecule has 164 valence electrons. The molecule has 0 saturated heterocycles. The first-order valence-corrected chi connectivity index (χ1v) is 11.6. The van der Waals surface area contributed by atoms with Gasteiger partial charge in [-0.2, -0.15) is 0 Å². The Labute approximate surface area is 187 Å². The number of nitrogens with one attached hydrogen (secondary N) is 1. The first-order valence-electron chi connectivity index (χ1n) is 11.6. The quantitative estimate of drug-likeness (QED) is 0.422. The number of carbonyl (C=O) groups excluding carboxylic acids is 1. The van der Waals surface area contributed by atoms with Gasteiger partial charge in [0, 0.05) is 12.6 Å². The van der Waals surface area contributed by atoms with E-state index in [9.17, 15) is 4.79 Å². The number of carbonyl (C=O) groups is 1. The molecule has 0 atom stereocenters. The molecule has 0 aliphatic heterocycles. The summed E-state index contributed by atoms with van der Waals surface area (Å²) >= 11 is 0. The van der Waals surface area contributed by atoms with E-state index in [1.165, 1.54) is 24.8 Å². The number of nitrogens with two attached hydrogens (primary N) is 1. The van der Waals surface area contributed by atoms with Crippen LogP contribution in [-0.4, -0.2) is 27.0 Å². The van der Waals surface area contributed by atoms with Gasteiger partial charge >= 0.3 is 0 Å². The van der Waals surface area contributed by atoms with Gasteiger partial charge in [0.25, 0.3) is 5.91 Å². The van der Waals surface area contributed by atoms with Gasteiger partial charge in [-0.1, -0.05) is 61.7 Å². The van der Waals surface area contributed by atoms with Crippen LogP contribution in [0.2, 0.25) is 0 Å². The maximum atomic E-state index is 13.3. The van der Waals surface area contributed by atoms with Gasteiger partial charge in [-0.15, -0.1) is 0 Å². The van der Waals surface area contributed by atoms with Crippen LogP contribution in [0.15, 0.2) is 54.6 Å². The summed E-state index contributed by atoms with van der Waals surface area (Å²) in [4.78, 5) is 23.0. The minimum atomic E-state index is -0.167. The molecule has 32 heavy (non-hydrogen) atoms. The van der Waals surface area contributed by atoms with E-state index in [0.29, 0.717) is 23.4 Å². The highest BCUT2D eigenvalue weighted by atomic mass is 16.1. The Hall–Kier alpha value is -3.41. The Morgan fingerprint density at radius 2 is 1.66 bits per heavy atom. The highest BCUT2D eigenvalue weighted by Crippen LogP contribution is 2.36. The van der Waals surface area contributed by atoms with E-state index in [0.717, 1.165) is 42.4 Å². The molecule has 0 bridgehead atoms. The minimum absolute atomic E-state index is 0.167. The van der Waals surface area contributed by atoms with Crippen molar-refractivity contribution < 1.29 is 4.79 Å². The van der Waals surface area contributed by atoms with Gasteiger partial charge in [0.15, 0.2) is 5.65 Å². The van der Waals surface area contributed by atoms with Crippen molar-refractivity contribution in [3.05, 3.63) is 65.7 Å². The number of hydrogen-bond donors (Lipinski definition) is 2. The first kappa shape index (κ1) is 20.5. The molecule has 1 aliphatic rings. The summed E-state index contributed by atoms with van der Waals surface area (Å²) < 4.78 is 2.08. The number of aryl methyl sites for hydroxylation is 1. The molecule has 1 amide bonds. The van der Waals surface area contributed by atoms with Crippen LogP contribution < -0.4 is 11.1 Å². The van der Waals surface area contributed by atoms with Crippen molar-refractivity contribution in [2.75, 3.05) is 12.3 Å². The van der Waals surface area contributed by atoms with Gasteiger partial charge in [-0.3, -0.25) is 4.79 Å². The van der Waals surface area contributed by atoms with Crippen LogP contribution in [0, 0.1) is 0 Å². The molecule has 6 nitrogen and oxygen atoms in total. The van der Waals surface area contributed by atoms with Crippen LogP contribution in [-0.2, 0) is 6.42 Å². The highest BCUT2D eigenvalue weighted by Gasteiger charge is 2.28. The Morgan fingerprint density at radius 3 is 2.41 bits per heavy atom. The third-order valence-electron chi connectivity index (χ3n) is 6.47. The summed E-state index contributed by atoms with van der Waals surface area (Å²) in [7, 11) is 0. The van der Waals surface area contributed by atoms with E-state index >= 15 is 0 Å². The molecule has 2 aromatic carbocycles. The number of nitrogen functional groups attached to an aromatic ring is 1. The zero-order valence-corrected chi connectivity index (χ0v) is 18.3. The molecule has 0 unspecified atom stereocenters. The summed E-state index contributed by atoms with van der Waals surface area (Å²) in [6.07, 6.45) is 7.49. The molecule has 0 radical (unpaired) electrons. The lowest BCUT2D eigenvalue weighted by atomic mass is 9.95. The second-order valence-corrected chi connectivity index (χ2v) is 8.65. The van der Waals surface area contributed by atoms with Crippen LogP contribution in [0.3, 0.4) is 0 Å². The lowest BCUT2D eigenvalue weighted by Gasteiger charge is -2.25. The van der Waals surface area contributed by atoms with Crippen LogP contribution in [0.25, 0.3) is 22.2 Å². The Kier molecular flexibility index (Phi) is 5.75. The fourth-order valence-electron chi connectivity index (χ4n) is 4.84. The normalized spacial score (nSPS) is 14.8. The van der Waals surface area contributed by atoms with Crippen LogP contribution in [0.1, 0.15) is 60.5 Å². The third kappa shape index (κ3) is 3.93. The maximum absolute atomic E-state index is 13.3. The number of aromatic nitrogens is 3. The van der Waals surface area contributed by atoms with E-state index < -0.39 is 0 Å². The number of amides is 1. The number of benzene rings is 2. The highest BCUT2D eigenvalue weighted by molar-refractivity contribution is 6.10. The molecule has 0 spiro atoms. The molecule has 3 N–H and O–H groups in total. The molecule has 2 heterocycles. The van der Waals surface area contributed by atoms with Gasteiger partial charge in [-0.05, 0) is 43.4 Å². The average Bonchev–Trinajstić information content (AvgIpc) is 3.12. The van der Waals surface area contributed by atoms with Crippen LogP contribution in [0.5, 0.6) is 0 Å². The maximum Gasteiger partial charge on any atom is 0.257 e. The number of para-hydroxylation sites is 2. The minimum Gasteiger partial charge on any atom is -0.384 e. The topological polar surface area (TPSA) is 85.8 Å². The smallest absolute Gasteiger partial charge is 0.257 e. The third-order valence-corrected chi connectivity index (χ3v) is 6.47. The average molecular weight is 428 g/mol. The predicted octanol–water partition coefficient (Wildman–Crippen LogP) is 5.03. The van der Waals surface area contributed by atoms with E-state index in [1.54, 1.807) is 0 Å². The van der Waals surface area contributed by atoms with Crippen molar-refractivity contribution in [2.45, 2.75) is 51.0 Å². The van der Waals surface area contributed by atoms with Crippen LogP contribution in [0.4, 0.5) is 5.82 Å². The van der Waals surface area contributed by atoms with Crippen molar-refractivity contribution in [2.24, 2.45) is 0 Å². The van der Waals surface area contributed by atoms with Crippen molar-refractivity contribution in [3.63, 3.8) is 0 Å². The molecule has 6 heteroatoms. The van der Waals surface area contributed by atoms with Gasteiger partial charge < -0.3 is 15.6 Å². The summed E-state index contributed by atoms with van der Waals surface area (Å²) in [5.74, 6) is 0.322. The number of fused-ring (bicyclic) bond motifs is 2. The monoisotopic (exact) mass is 427 g/mol. The van der Waals surface area contributed by atoms with Crippen molar-refractivity contribution in [1.82, 2.24) is 19.9 Å². The second kappa shape index (κ2) is 8.99. The summed E-state index contributed by atoms with van der Waals surface area (Å²) in [5, 5.41) is 3.07. The second-order valence-electron chi connectivity index (χ2n) is 8.65. The van der Waals surface area contributed by atoms with Crippen molar-refractivity contribution in [1.29, 1.82) is 0 Å². The Balaban J connectivity index is 1.46.